The van der Waals surface area contributed by atoms with Crippen LogP contribution in [-0.2, 0) is 12.6 Å². The number of carbonyl (C=O) groups excluding carboxylic acids is 1. The fourth-order valence-electron chi connectivity index (χ4n) is 2.49. The Balaban J connectivity index is 2.40. The van der Waals surface area contributed by atoms with Crippen LogP contribution in [0.1, 0.15) is 34.5 Å². The Hall–Kier alpha value is -2.11. The van der Waals surface area contributed by atoms with Crippen LogP contribution in [0.3, 0.4) is 0 Å². The van der Waals surface area contributed by atoms with Crippen LogP contribution in [0.4, 0.5) is 13.2 Å². The minimum absolute atomic E-state index is 0.00648. The van der Waals surface area contributed by atoms with Gasteiger partial charge in [0, 0.05) is 18.2 Å². The lowest BCUT2D eigenvalue weighted by Crippen LogP contribution is -2.16. The Bertz CT molecular complexity index is 772. The smallest absolute Gasteiger partial charge is 0.416 e. The molecule has 3 rings (SSSR count). The lowest BCUT2D eigenvalue weighted by Gasteiger charge is -2.16. The minimum atomic E-state index is -4.52. The number of halogens is 3. The highest BCUT2D eigenvalue weighted by Crippen LogP contribution is 2.33. The molecular formula is C14H9F3O3. The van der Waals surface area contributed by atoms with Crippen molar-refractivity contribution < 1.29 is 22.4 Å². The average Bonchev–Trinajstić information content (AvgIpc) is 2.37. The summed E-state index contributed by atoms with van der Waals surface area (Å²) in [6, 6.07) is 2.74. The Labute approximate surface area is 111 Å². The van der Waals surface area contributed by atoms with Crippen molar-refractivity contribution in [1.82, 2.24) is 0 Å². The molecule has 1 heterocycles. The highest BCUT2D eigenvalue weighted by molar-refractivity contribution is 6.09. The number of alkyl halides is 3. The van der Waals surface area contributed by atoms with E-state index in [1.165, 1.54) is 0 Å². The van der Waals surface area contributed by atoms with E-state index in [1.54, 1.807) is 0 Å². The van der Waals surface area contributed by atoms with Crippen LogP contribution in [0.2, 0.25) is 0 Å². The number of aryl methyl sites for hydroxylation is 1. The van der Waals surface area contributed by atoms with E-state index in [9.17, 15) is 22.8 Å². The summed E-state index contributed by atoms with van der Waals surface area (Å²) in [5.74, 6) is -0.0857. The van der Waals surface area contributed by atoms with Crippen molar-refractivity contribution in [3.63, 3.8) is 0 Å². The SMILES string of the molecule is O=C1CCCc2oc(=O)c3ccc(C(F)(F)F)cc3c21. The average molecular weight is 282 g/mol. The first-order valence-corrected chi connectivity index (χ1v) is 6.08. The van der Waals surface area contributed by atoms with Crippen molar-refractivity contribution in [1.29, 1.82) is 0 Å². The Morgan fingerprint density at radius 3 is 2.50 bits per heavy atom. The van der Waals surface area contributed by atoms with E-state index in [4.69, 9.17) is 4.42 Å². The zero-order chi connectivity index (χ0) is 14.5. The number of rotatable bonds is 0. The molecular weight excluding hydrogens is 273 g/mol. The third kappa shape index (κ3) is 1.92. The number of fused-ring (bicyclic) bond motifs is 3. The summed E-state index contributed by atoms with van der Waals surface area (Å²) >= 11 is 0. The number of Topliss-reactive ketones (excluding diaryl/α,β-unsaturated/α-hetero) is 1. The van der Waals surface area contributed by atoms with Gasteiger partial charge in [-0.25, -0.2) is 4.79 Å². The van der Waals surface area contributed by atoms with Crippen LogP contribution < -0.4 is 5.63 Å². The molecule has 0 bridgehead atoms. The van der Waals surface area contributed by atoms with Gasteiger partial charge in [-0.2, -0.15) is 13.2 Å². The first-order chi connectivity index (χ1) is 9.38. The van der Waals surface area contributed by atoms with Crippen LogP contribution in [0, 0.1) is 0 Å². The first-order valence-electron chi connectivity index (χ1n) is 6.08. The fourth-order valence-corrected chi connectivity index (χ4v) is 2.49. The first kappa shape index (κ1) is 12.9. The third-order valence-corrected chi connectivity index (χ3v) is 3.42. The number of hydrogen-bond donors (Lipinski definition) is 0. The molecule has 0 spiro atoms. The highest BCUT2D eigenvalue weighted by atomic mass is 19.4. The summed E-state index contributed by atoms with van der Waals surface area (Å²) in [7, 11) is 0. The van der Waals surface area contributed by atoms with Gasteiger partial charge < -0.3 is 4.42 Å². The molecule has 0 aliphatic heterocycles. The third-order valence-electron chi connectivity index (χ3n) is 3.42. The van der Waals surface area contributed by atoms with Crippen molar-refractivity contribution in [2.24, 2.45) is 0 Å². The van der Waals surface area contributed by atoms with E-state index in [2.05, 4.69) is 0 Å². The molecule has 6 heteroatoms. The summed E-state index contributed by atoms with van der Waals surface area (Å²) in [6.45, 7) is 0. The van der Waals surface area contributed by atoms with Gasteiger partial charge in [-0.15, -0.1) is 0 Å². The molecule has 0 unspecified atom stereocenters. The van der Waals surface area contributed by atoms with Gasteiger partial charge in [0.05, 0.1) is 16.5 Å². The van der Waals surface area contributed by atoms with Gasteiger partial charge in [0.25, 0.3) is 0 Å². The van der Waals surface area contributed by atoms with Crippen LogP contribution in [0.25, 0.3) is 10.8 Å². The van der Waals surface area contributed by atoms with Gasteiger partial charge >= 0.3 is 11.8 Å². The van der Waals surface area contributed by atoms with Crippen molar-refractivity contribution >= 4 is 16.6 Å². The molecule has 1 aromatic heterocycles. The van der Waals surface area contributed by atoms with Gasteiger partial charge in [0.2, 0.25) is 0 Å². The van der Waals surface area contributed by atoms with Gasteiger partial charge in [0.15, 0.2) is 5.78 Å². The van der Waals surface area contributed by atoms with Gasteiger partial charge in [-0.3, -0.25) is 4.79 Å². The summed E-state index contributed by atoms with van der Waals surface area (Å²) < 4.78 is 43.3. The molecule has 1 aliphatic carbocycles. The second kappa shape index (κ2) is 4.19. The zero-order valence-electron chi connectivity index (χ0n) is 10.2. The predicted molar refractivity (Wildman–Crippen MR) is 64.8 cm³/mol. The Morgan fingerprint density at radius 2 is 1.80 bits per heavy atom. The van der Waals surface area contributed by atoms with Gasteiger partial charge in [0.1, 0.15) is 5.76 Å². The molecule has 3 nitrogen and oxygen atoms in total. The summed E-state index contributed by atoms with van der Waals surface area (Å²) in [5, 5.41) is 0.0442. The molecule has 0 atom stereocenters. The molecule has 0 fully saturated rings. The largest absolute Gasteiger partial charge is 0.427 e. The monoisotopic (exact) mass is 282 g/mol. The van der Waals surface area contributed by atoms with Crippen LogP contribution in [0.5, 0.6) is 0 Å². The van der Waals surface area contributed by atoms with Crippen molar-refractivity contribution in [2.45, 2.75) is 25.4 Å². The number of carbonyl (C=O) groups is 1. The summed E-state index contributed by atoms with van der Waals surface area (Å²) in [4.78, 5) is 23.7. The maximum Gasteiger partial charge on any atom is 0.416 e. The van der Waals surface area contributed by atoms with Crippen LogP contribution in [0.15, 0.2) is 27.4 Å². The standard InChI is InChI=1S/C14H9F3O3/c15-14(16,17)7-4-5-8-9(6-7)12-10(18)2-1-3-11(12)20-13(8)19/h4-6H,1-3H2. The van der Waals surface area contributed by atoms with E-state index < -0.39 is 17.4 Å². The minimum Gasteiger partial charge on any atom is -0.427 e. The van der Waals surface area contributed by atoms with Crippen molar-refractivity contribution in [2.75, 3.05) is 0 Å². The van der Waals surface area contributed by atoms with E-state index >= 15 is 0 Å². The van der Waals surface area contributed by atoms with Gasteiger partial charge in [-0.1, -0.05) is 0 Å². The topological polar surface area (TPSA) is 47.3 Å². The van der Waals surface area contributed by atoms with E-state index in [-0.39, 0.29) is 34.3 Å². The van der Waals surface area contributed by atoms with Crippen LogP contribution >= 0.6 is 0 Å². The maximum absolute atomic E-state index is 12.8. The number of benzene rings is 1. The predicted octanol–water partition coefficient (Wildman–Crippen LogP) is 3.33. The molecule has 1 aromatic carbocycles. The highest BCUT2D eigenvalue weighted by Gasteiger charge is 2.32. The molecule has 104 valence electrons. The molecule has 0 amide bonds. The second-order valence-corrected chi connectivity index (χ2v) is 4.72. The molecule has 20 heavy (non-hydrogen) atoms. The van der Waals surface area contributed by atoms with Crippen molar-refractivity contribution in [3.8, 4) is 0 Å². The summed E-state index contributed by atoms with van der Waals surface area (Å²) in [6.07, 6.45) is -3.33. The van der Waals surface area contributed by atoms with E-state index in [1.807, 2.05) is 0 Å². The zero-order valence-corrected chi connectivity index (χ0v) is 10.2. The molecule has 0 radical (unpaired) electrons. The quantitative estimate of drug-likeness (QED) is 0.744. The lowest BCUT2D eigenvalue weighted by molar-refractivity contribution is -0.137. The normalized spacial score (nSPS) is 15.4. The lowest BCUT2D eigenvalue weighted by atomic mass is 9.91. The summed E-state index contributed by atoms with van der Waals surface area (Å²) in [5.41, 5.74) is -1.46. The van der Waals surface area contributed by atoms with Crippen molar-refractivity contribution in [3.05, 3.63) is 45.5 Å². The van der Waals surface area contributed by atoms with E-state index in [0.717, 1.165) is 18.2 Å². The maximum atomic E-state index is 12.8. The van der Waals surface area contributed by atoms with E-state index in [0.29, 0.717) is 12.8 Å². The van der Waals surface area contributed by atoms with Crippen LogP contribution in [-0.4, -0.2) is 5.78 Å². The second-order valence-electron chi connectivity index (χ2n) is 4.72. The Morgan fingerprint density at radius 1 is 1.05 bits per heavy atom. The molecule has 2 aromatic rings. The molecule has 0 N–H and O–H groups in total. The number of ketones is 1. The number of hydrogen-bond acceptors (Lipinski definition) is 3. The van der Waals surface area contributed by atoms with Gasteiger partial charge in [-0.05, 0) is 24.6 Å². The fraction of sp³-hybridized carbons (Fsp3) is 0.286. The molecule has 0 saturated heterocycles. The molecule has 0 saturated carbocycles. The molecule has 1 aliphatic rings. The Kier molecular flexibility index (Phi) is 2.70.